The van der Waals surface area contributed by atoms with Gasteiger partial charge in [-0.1, -0.05) is 40.0 Å². The molecule has 18 heavy (non-hydrogen) atoms. The van der Waals surface area contributed by atoms with E-state index in [9.17, 15) is 4.79 Å². The van der Waals surface area contributed by atoms with Crippen molar-refractivity contribution in [1.29, 1.82) is 0 Å². The van der Waals surface area contributed by atoms with E-state index in [1.807, 2.05) is 0 Å². The number of nitrogens with one attached hydrogen (secondary N) is 1. The third-order valence-corrected chi connectivity index (χ3v) is 3.38. The molecule has 3 nitrogen and oxygen atoms in total. The van der Waals surface area contributed by atoms with Crippen LogP contribution in [0.4, 0.5) is 0 Å². The van der Waals surface area contributed by atoms with Gasteiger partial charge in [0.2, 0.25) is 5.91 Å². The molecule has 0 bridgehead atoms. The van der Waals surface area contributed by atoms with Gasteiger partial charge in [0.25, 0.3) is 0 Å². The Morgan fingerprint density at radius 2 is 1.67 bits per heavy atom. The molecule has 0 saturated carbocycles. The van der Waals surface area contributed by atoms with E-state index in [1.165, 1.54) is 25.7 Å². The van der Waals surface area contributed by atoms with Gasteiger partial charge in [-0.25, -0.2) is 0 Å². The molecule has 0 atom stereocenters. The molecule has 0 aromatic heterocycles. The summed E-state index contributed by atoms with van der Waals surface area (Å²) in [7, 11) is 0. The number of hydrogen-bond acceptors (Lipinski definition) is 2. The lowest BCUT2D eigenvalue weighted by molar-refractivity contribution is -0.121. The van der Waals surface area contributed by atoms with Crippen LogP contribution in [0.3, 0.4) is 0 Å². The minimum Gasteiger partial charge on any atom is -0.356 e. The van der Waals surface area contributed by atoms with Crippen molar-refractivity contribution in [3.63, 3.8) is 0 Å². The van der Waals surface area contributed by atoms with Crippen LogP contribution in [0.15, 0.2) is 0 Å². The Morgan fingerprint density at radius 1 is 0.944 bits per heavy atom. The highest BCUT2D eigenvalue weighted by Crippen LogP contribution is 2.02. The molecular formula is C15H32N2O. The molecule has 0 rings (SSSR count). The van der Waals surface area contributed by atoms with Crippen molar-refractivity contribution in [3.8, 4) is 0 Å². The average Bonchev–Trinajstić information content (AvgIpc) is 2.39. The predicted molar refractivity (Wildman–Crippen MR) is 78.8 cm³/mol. The van der Waals surface area contributed by atoms with Crippen molar-refractivity contribution in [2.24, 2.45) is 0 Å². The quantitative estimate of drug-likeness (QED) is 0.544. The lowest BCUT2D eigenvalue weighted by Crippen LogP contribution is -2.27. The Hall–Kier alpha value is -0.570. The monoisotopic (exact) mass is 256 g/mol. The fourth-order valence-corrected chi connectivity index (χ4v) is 2.03. The SMILES string of the molecule is CCCCCCC(=O)NCCCCN(CC)CC. The zero-order valence-corrected chi connectivity index (χ0v) is 12.6. The van der Waals surface area contributed by atoms with Crippen LogP contribution >= 0.6 is 0 Å². The fraction of sp³-hybridized carbons (Fsp3) is 0.933. The zero-order chi connectivity index (χ0) is 13.6. The lowest BCUT2D eigenvalue weighted by atomic mass is 10.1. The standard InChI is InChI=1S/C15H32N2O/c1-4-7-8-9-12-15(18)16-13-10-11-14-17(5-2)6-3/h4-14H2,1-3H3,(H,16,18). The minimum atomic E-state index is 0.231. The largest absolute Gasteiger partial charge is 0.356 e. The summed E-state index contributed by atoms with van der Waals surface area (Å²) in [5.41, 5.74) is 0. The number of rotatable bonds is 12. The second-order valence-corrected chi connectivity index (χ2v) is 4.89. The molecule has 3 heteroatoms. The summed E-state index contributed by atoms with van der Waals surface area (Å²) in [5.74, 6) is 0.231. The topological polar surface area (TPSA) is 32.3 Å². The van der Waals surface area contributed by atoms with E-state index in [0.717, 1.165) is 39.0 Å². The number of hydrogen-bond donors (Lipinski definition) is 1. The number of nitrogens with zero attached hydrogens (tertiary/aromatic N) is 1. The maximum Gasteiger partial charge on any atom is 0.219 e. The highest BCUT2D eigenvalue weighted by Gasteiger charge is 2.01. The second kappa shape index (κ2) is 12.9. The first kappa shape index (κ1) is 17.4. The third kappa shape index (κ3) is 10.6. The predicted octanol–water partition coefficient (Wildman–Crippen LogP) is 3.20. The van der Waals surface area contributed by atoms with E-state index in [1.54, 1.807) is 0 Å². The van der Waals surface area contributed by atoms with E-state index >= 15 is 0 Å². The van der Waals surface area contributed by atoms with Crippen LogP contribution in [0.25, 0.3) is 0 Å². The molecule has 0 saturated heterocycles. The number of amides is 1. The van der Waals surface area contributed by atoms with Crippen molar-refractivity contribution < 1.29 is 4.79 Å². The van der Waals surface area contributed by atoms with Crippen molar-refractivity contribution in [3.05, 3.63) is 0 Å². The third-order valence-electron chi connectivity index (χ3n) is 3.38. The van der Waals surface area contributed by atoms with Gasteiger partial charge < -0.3 is 10.2 Å². The lowest BCUT2D eigenvalue weighted by Gasteiger charge is -2.17. The van der Waals surface area contributed by atoms with Crippen LogP contribution in [-0.4, -0.2) is 37.0 Å². The normalized spacial score (nSPS) is 10.9. The maximum atomic E-state index is 11.5. The molecule has 0 spiro atoms. The first-order chi connectivity index (χ1) is 8.74. The summed E-state index contributed by atoms with van der Waals surface area (Å²) in [5, 5.41) is 3.01. The highest BCUT2D eigenvalue weighted by atomic mass is 16.1. The van der Waals surface area contributed by atoms with E-state index in [0.29, 0.717) is 6.42 Å². The fourth-order valence-electron chi connectivity index (χ4n) is 2.03. The van der Waals surface area contributed by atoms with Gasteiger partial charge in [-0.05, 0) is 38.9 Å². The molecule has 0 radical (unpaired) electrons. The molecule has 0 aliphatic heterocycles. The summed E-state index contributed by atoms with van der Waals surface area (Å²) in [6.45, 7) is 10.8. The van der Waals surface area contributed by atoms with E-state index in [2.05, 4.69) is 31.0 Å². The first-order valence-corrected chi connectivity index (χ1v) is 7.73. The Bertz CT molecular complexity index is 191. The van der Waals surface area contributed by atoms with Gasteiger partial charge in [-0.15, -0.1) is 0 Å². The molecule has 0 fully saturated rings. The first-order valence-electron chi connectivity index (χ1n) is 7.73. The van der Waals surface area contributed by atoms with Crippen LogP contribution < -0.4 is 5.32 Å². The van der Waals surface area contributed by atoms with Gasteiger partial charge in [0.1, 0.15) is 0 Å². The van der Waals surface area contributed by atoms with Gasteiger partial charge in [0.05, 0.1) is 0 Å². The Morgan fingerprint density at radius 3 is 2.28 bits per heavy atom. The zero-order valence-electron chi connectivity index (χ0n) is 12.6. The Balaban J connectivity index is 3.29. The molecule has 0 heterocycles. The summed E-state index contributed by atoms with van der Waals surface area (Å²) >= 11 is 0. The van der Waals surface area contributed by atoms with Gasteiger partial charge in [-0.2, -0.15) is 0 Å². The molecular weight excluding hydrogens is 224 g/mol. The smallest absolute Gasteiger partial charge is 0.219 e. The van der Waals surface area contributed by atoms with E-state index < -0.39 is 0 Å². The highest BCUT2D eigenvalue weighted by molar-refractivity contribution is 5.75. The summed E-state index contributed by atoms with van der Waals surface area (Å²) < 4.78 is 0. The molecule has 1 amide bonds. The molecule has 0 aromatic rings. The Kier molecular flexibility index (Phi) is 12.5. The molecule has 0 aliphatic carbocycles. The van der Waals surface area contributed by atoms with Crippen LogP contribution in [0.2, 0.25) is 0 Å². The number of carbonyl (C=O) groups is 1. The maximum absolute atomic E-state index is 11.5. The van der Waals surface area contributed by atoms with Crippen LogP contribution in [-0.2, 0) is 4.79 Å². The van der Waals surface area contributed by atoms with Crippen LogP contribution in [0, 0.1) is 0 Å². The van der Waals surface area contributed by atoms with E-state index in [-0.39, 0.29) is 5.91 Å². The van der Waals surface area contributed by atoms with E-state index in [4.69, 9.17) is 0 Å². The second-order valence-electron chi connectivity index (χ2n) is 4.89. The van der Waals surface area contributed by atoms with Gasteiger partial charge in [-0.3, -0.25) is 4.79 Å². The van der Waals surface area contributed by atoms with Crippen LogP contribution in [0.1, 0.15) is 65.7 Å². The molecule has 0 aliphatic rings. The van der Waals surface area contributed by atoms with Crippen molar-refractivity contribution in [1.82, 2.24) is 10.2 Å². The molecule has 1 N–H and O–H groups in total. The average molecular weight is 256 g/mol. The van der Waals surface area contributed by atoms with Crippen molar-refractivity contribution >= 4 is 5.91 Å². The van der Waals surface area contributed by atoms with Crippen molar-refractivity contribution in [2.45, 2.75) is 65.7 Å². The van der Waals surface area contributed by atoms with Crippen molar-refractivity contribution in [2.75, 3.05) is 26.2 Å². The number of unbranched alkanes of at least 4 members (excludes halogenated alkanes) is 4. The van der Waals surface area contributed by atoms with Gasteiger partial charge in [0.15, 0.2) is 0 Å². The van der Waals surface area contributed by atoms with Gasteiger partial charge >= 0.3 is 0 Å². The number of carbonyl (C=O) groups excluding carboxylic acids is 1. The molecule has 0 aromatic carbocycles. The van der Waals surface area contributed by atoms with Crippen LogP contribution in [0.5, 0.6) is 0 Å². The minimum absolute atomic E-state index is 0.231. The summed E-state index contributed by atoms with van der Waals surface area (Å²) in [6, 6.07) is 0. The summed E-state index contributed by atoms with van der Waals surface area (Å²) in [4.78, 5) is 13.9. The molecule has 108 valence electrons. The Labute approximate surface area is 113 Å². The molecule has 0 unspecified atom stereocenters. The van der Waals surface area contributed by atoms with Gasteiger partial charge in [0, 0.05) is 13.0 Å². The summed E-state index contributed by atoms with van der Waals surface area (Å²) in [6.07, 6.45) is 7.68.